The standard InChI is InChI=1S/C28H37F2N3O2/c1-5-7-33-8-6-22-10-20(9-18(2)3)11-23(28(22)33)16-31-17-27(35)26(32-19(4)34)14-21-12-24(29)15-25(30)13-21/h6,8,10-13,15,18,26-27,31,35H,5,7,9,14,16-17H2,1-4H3,(H,32,34)/t26-,27+/m0/s1. The summed E-state index contributed by atoms with van der Waals surface area (Å²) >= 11 is 0. The zero-order valence-electron chi connectivity index (χ0n) is 21.1. The van der Waals surface area contributed by atoms with E-state index >= 15 is 0 Å². The zero-order chi connectivity index (χ0) is 25.5. The van der Waals surface area contributed by atoms with Gasteiger partial charge in [-0.05, 0) is 66.1 Å². The Morgan fingerprint density at radius 1 is 1.06 bits per heavy atom. The summed E-state index contributed by atoms with van der Waals surface area (Å²) < 4.78 is 29.5. The molecule has 0 spiro atoms. The lowest BCUT2D eigenvalue weighted by atomic mass is 9.98. The molecule has 0 saturated carbocycles. The minimum Gasteiger partial charge on any atom is -0.390 e. The van der Waals surface area contributed by atoms with E-state index in [2.05, 4.69) is 60.4 Å². The van der Waals surface area contributed by atoms with Gasteiger partial charge in [0.1, 0.15) is 11.6 Å². The number of benzene rings is 2. The molecule has 0 aliphatic rings. The lowest BCUT2D eigenvalue weighted by Gasteiger charge is -2.24. The summed E-state index contributed by atoms with van der Waals surface area (Å²) in [5.41, 5.74) is 4.01. The Morgan fingerprint density at radius 3 is 2.37 bits per heavy atom. The van der Waals surface area contributed by atoms with Gasteiger partial charge in [0.2, 0.25) is 5.91 Å². The van der Waals surface area contributed by atoms with Crippen molar-refractivity contribution in [3.8, 4) is 0 Å². The maximum absolute atomic E-state index is 13.6. The third-order valence-corrected chi connectivity index (χ3v) is 6.01. The summed E-state index contributed by atoms with van der Waals surface area (Å²) in [7, 11) is 0. The van der Waals surface area contributed by atoms with Gasteiger partial charge in [-0.25, -0.2) is 8.78 Å². The molecule has 2 aromatic carbocycles. The monoisotopic (exact) mass is 485 g/mol. The van der Waals surface area contributed by atoms with Gasteiger partial charge in [0.05, 0.1) is 17.7 Å². The van der Waals surface area contributed by atoms with E-state index in [1.165, 1.54) is 35.5 Å². The van der Waals surface area contributed by atoms with Crippen molar-refractivity contribution in [2.45, 2.75) is 72.2 Å². The van der Waals surface area contributed by atoms with Crippen LogP contribution >= 0.6 is 0 Å². The van der Waals surface area contributed by atoms with E-state index in [4.69, 9.17) is 0 Å². The number of aliphatic hydroxyl groups excluding tert-OH is 1. The molecule has 2 atom stereocenters. The Bertz CT molecular complexity index is 1120. The molecule has 5 nitrogen and oxygen atoms in total. The van der Waals surface area contributed by atoms with Gasteiger partial charge in [-0.3, -0.25) is 4.79 Å². The zero-order valence-corrected chi connectivity index (χ0v) is 21.1. The molecule has 3 N–H and O–H groups in total. The fraction of sp³-hybridized carbons (Fsp3) is 0.464. The number of aryl methyl sites for hydroxylation is 1. The van der Waals surface area contributed by atoms with Crippen LogP contribution in [-0.4, -0.2) is 34.3 Å². The molecule has 0 fully saturated rings. The number of hydrogen-bond acceptors (Lipinski definition) is 3. The average Bonchev–Trinajstić information content (AvgIpc) is 3.15. The van der Waals surface area contributed by atoms with E-state index < -0.39 is 23.8 Å². The topological polar surface area (TPSA) is 66.3 Å². The van der Waals surface area contributed by atoms with Crippen molar-refractivity contribution in [3.63, 3.8) is 0 Å². The number of rotatable bonds is 12. The van der Waals surface area contributed by atoms with E-state index in [1.54, 1.807) is 0 Å². The van der Waals surface area contributed by atoms with Crippen molar-refractivity contribution in [3.05, 3.63) is 70.9 Å². The van der Waals surface area contributed by atoms with Crippen LogP contribution < -0.4 is 10.6 Å². The first-order chi connectivity index (χ1) is 16.7. The smallest absolute Gasteiger partial charge is 0.217 e. The molecule has 0 unspecified atom stereocenters. The fourth-order valence-electron chi connectivity index (χ4n) is 4.68. The maximum Gasteiger partial charge on any atom is 0.217 e. The van der Waals surface area contributed by atoms with Crippen molar-refractivity contribution < 1.29 is 18.7 Å². The fourth-order valence-corrected chi connectivity index (χ4v) is 4.68. The SMILES string of the molecule is CCCn1ccc2cc(CC(C)C)cc(CNC[C@@H](O)[C@H](Cc3cc(F)cc(F)c3)NC(C)=O)c21. The molecular formula is C28H37F2N3O2. The number of nitrogens with zero attached hydrogens (tertiary/aromatic N) is 1. The molecule has 1 amide bonds. The Labute approximate surface area is 206 Å². The molecule has 3 rings (SSSR count). The second kappa shape index (κ2) is 12.3. The van der Waals surface area contributed by atoms with Gasteiger partial charge >= 0.3 is 0 Å². The number of carbonyl (C=O) groups excluding carboxylic acids is 1. The van der Waals surface area contributed by atoms with Gasteiger partial charge < -0.3 is 20.3 Å². The Kier molecular flexibility index (Phi) is 9.40. The number of fused-ring (bicyclic) bond motifs is 1. The summed E-state index contributed by atoms with van der Waals surface area (Å²) in [5.74, 6) is -1.14. The number of carbonyl (C=O) groups is 1. The molecule has 0 aliphatic heterocycles. The number of aromatic nitrogens is 1. The van der Waals surface area contributed by atoms with Crippen molar-refractivity contribution in [1.29, 1.82) is 0 Å². The minimum atomic E-state index is -0.943. The van der Waals surface area contributed by atoms with E-state index in [0.29, 0.717) is 18.0 Å². The number of aliphatic hydroxyl groups is 1. The van der Waals surface area contributed by atoms with Crippen molar-refractivity contribution in [2.75, 3.05) is 6.54 Å². The molecule has 1 aromatic heterocycles. The Balaban J connectivity index is 1.75. The molecule has 35 heavy (non-hydrogen) atoms. The summed E-state index contributed by atoms with van der Waals surface area (Å²) in [6.45, 7) is 9.61. The van der Waals surface area contributed by atoms with Gasteiger partial charge in [0, 0.05) is 44.2 Å². The number of hydrogen-bond donors (Lipinski definition) is 3. The Morgan fingerprint density at radius 2 is 1.74 bits per heavy atom. The van der Waals surface area contributed by atoms with Gasteiger partial charge in [-0.1, -0.05) is 26.8 Å². The van der Waals surface area contributed by atoms with Crippen LogP contribution in [0, 0.1) is 17.6 Å². The summed E-state index contributed by atoms with van der Waals surface area (Å²) in [6.07, 6.45) is 3.31. The number of amides is 1. The second-order valence-corrected chi connectivity index (χ2v) is 9.79. The van der Waals surface area contributed by atoms with E-state index in [9.17, 15) is 18.7 Å². The van der Waals surface area contributed by atoms with Crippen LogP contribution in [0.15, 0.2) is 42.6 Å². The van der Waals surface area contributed by atoms with Crippen LogP contribution in [0.3, 0.4) is 0 Å². The van der Waals surface area contributed by atoms with Gasteiger partial charge in [0.15, 0.2) is 0 Å². The first-order valence-corrected chi connectivity index (χ1v) is 12.4. The summed E-state index contributed by atoms with van der Waals surface area (Å²) in [4.78, 5) is 11.7. The normalized spacial score (nSPS) is 13.4. The first-order valence-electron chi connectivity index (χ1n) is 12.4. The average molecular weight is 486 g/mol. The third kappa shape index (κ3) is 7.61. The van der Waals surface area contributed by atoms with Crippen molar-refractivity contribution >= 4 is 16.8 Å². The van der Waals surface area contributed by atoms with Crippen molar-refractivity contribution in [1.82, 2.24) is 15.2 Å². The predicted molar refractivity (Wildman–Crippen MR) is 136 cm³/mol. The lowest BCUT2D eigenvalue weighted by Crippen LogP contribution is -2.48. The number of halogens is 2. The van der Waals surface area contributed by atoms with Crippen LogP contribution in [0.2, 0.25) is 0 Å². The van der Waals surface area contributed by atoms with Gasteiger partial charge in [0.25, 0.3) is 0 Å². The van der Waals surface area contributed by atoms with Crippen molar-refractivity contribution in [2.24, 2.45) is 5.92 Å². The molecule has 0 aliphatic carbocycles. The van der Waals surface area contributed by atoms with Crippen LogP contribution in [0.5, 0.6) is 0 Å². The molecular weight excluding hydrogens is 448 g/mol. The van der Waals surface area contributed by atoms with Crippen LogP contribution in [0.25, 0.3) is 10.9 Å². The Hall–Kier alpha value is -2.77. The van der Waals surface area contributed by atoms with Crippen LogP contribution in [0.1, 0.15) is 50.8 Å². The maximum atomic E-state index is 13.6. The van der Waals surface area contributed by atoms with Crippen LogP contribution in [0.4, 0.5) is 8.78 Å². The number of nitrogens with one attached hydrogen (secondary N) is 2. The first kappa shape index (κ1) is 26.8. The highest BCUT2D eigenvalue weighted by molar-refractivity contribution is 5.84. The summed E-state index contributed by atoms with van der Waals surface area (Å²) in [5, 5.41) is 18.1. The lowest BCUT2D eigenvalue weighted by molar-refractivity contribution is -0.120. The summed E-state index contributed by atoms with van der Waals surface area (Å²) in [6, 6.07) is 9.19. The minimum absolute atomic E-state index is 0.116. The molecule has 0 radical (unpaired) electrons. The molecule has 190 valence electrons. The van der Waals surface area contributed by atoms with Gasteiger partial charge in [-0.15, -0.1) is 0 Å². The third-order valence-electron chi connectivity index (χ3n) is 6.01. The van der Waals surface area contributed by atoms with E-state index in [-0.39, 0.29) is 18.9 Å². The second-order valence-electron chi connectivity index (χ2n) is 9.79. The largest absolute Gasteiger partial charge is 0.390 e. The van der Waals surface area contributed by atoms with E-state index in [1.807, 2.05) is 0 Å². The highest BCUT2D eigenvalue weighted by Crippen LogP contribution is 2.25. The quantitative estimate of drug-likeness (QED) is 0.348. The molecule has 0 bridgehead atoms. The highest BCUT2D eigenvalue weighted by Gasteiger charge is 2.21. The molecule has 7 heteroatoms. The van der Waals surface area contributed by atoms with Gasteiger partial charge in [-0.2, -0.15) is 0 Å². The van der Waals surface area contributed by atoms with E-state index in [0.717, 1.165) is 31.0 Å². The molecule has 3 aromatic rings. The molecule has 1 heterocycles. The molecule has 0 saturated heterocycles. The predicted octanol–water partition coefficient (Wildman–Crippen LogP) is 4.73. The van der Waals surface area contributed by atoms with Crippen LogP contribution in [-0.2, 0) is 30.7 Å². The highest BCUT2D eigenvalue weighted by atomic mass is 19.1.